The molecule has 0 spiro atoms. The molecule has 0 unspecified atom stereocenters. The molecule has 0 aliphatic carbocycles. The number of ether oxygens (including phenoxy) is 3. The van der Waals surface area contributed by atoms with Crippen LogP contribution in [0.2, 0.25) is 0 Å². The molecule has 1 aromatic carbocycles. The third-order valence-corrected chi connectivity index (χ3v) is 5.09. The van der Waals surface area contributed by atoms with Crippen molar-refractivity contribution in [2.24, 2.45) is 0 Å². The van der Waals surface area contributed by atoms with Gasteiger partial charge in [-0.1, -0.05) is 6.07 Å². The van der Waals surface area contributed by atoms with Crippen LogP contribution in [-0.4, -0.2) is 68.9 Å². The van der Waals surface area contributed by atoms with E-state index in [1.807, 2.05) is 4.90 Å². The van der Waals surface area contributed by atoms with Gasteiger partial charge in [0, 0.05) is 32.4 Å². The molecule has 0 saturated carbocycles. The third-order valence-electron chi connectivity index (χ3n) is 5.09. The standard InChI is InChI=1S/C20H28N2O5/c1-25-18-13-26-11-8-17(18)21-20(24)15-6-5-7-16(12-15)27-14-19(23)22-9-3-2-4-10-22/h5-7,12,17-18H,2-4,8-11,13-14H2,1H3,(H,21,24)/t17-,18-/m1/s1. The maximum atomic E-state index is 12.6. The summed E-state index contributed by atoms with van der Waals surface area (Å²) in [4.78, 5) is 26.6. The number of nitrogens with one attached hydrogen (secondary N) is 1. The van der Waals surface area contributed by atoms with E-state index >= 15 is 0 Å². The van der Waals surface area contributed by atoms with Gasteiger partial charge in [0.25, 0.3) is 11.8 Å². The van der Waals surface area contributed by atoms with Crippen LogP contribution in [0, 0.1) is 0 Å². The zero-order valence-electron chi connectivity index (χ0n) is 15.8. The van der Waals surface area contributed by atoms with Gasteiger partial charge in [-0.2, -0.15) is 0 Å². The van der Waals surface area contributed by atoms with Crippen molar-refractivity contribution in [3.8, 4) is 5.75 Å². The molecule has 148 valence electrons. The molecule has 2 heterocycles. The van der Waals surface area contributed by atoms with Crippen molar-refractivity contribution in [1.29, 1.82) is 0 Å². The molecule has 2 atom stereocenters. The largest absolute Gasteiger partial charge is 0.484 e. The van der Waals surface area contributed by atoms with Crippen LogP contribution < -0.4 is 10.1 Å². The smallest absolute Gasteiger partial charge is 0.260 e. The lowest BCUT2D eigenvalue weighted by Gasteiger charge is -2.31. The summed E-state index contributed by atoms with van der Waals surface area (Å²) in [6.07, 6.45) is 3.85. The predicted molar refractivity (Wildman–Crippen MR) is 99.9 cm³/mol. The van der Waals surface area contributed by atoms with Crippen molar-refractivity contribution in [1.82, 2.24) is 10.2 Å². The maximum Gasteiger partial charge on any atom is 0.260 e. The Labute approximate surface area is 160 Å². The number of nitrogens with zero attached hydrogens (tertiary/aromatic N) is 1. The molecule has 0 aromatic heterocycles. The Kier molecular flexibility index (Phi) is 7.06. The summed E-state index contributed by atoms with van der Waals surface area (Å²) < 4.78 is 16.4. The van der Waals surface area contributed by atoms with Gasteiger partial charge in [-0.25, -0.2) is 0 Å². The summed E-state index contributed by atoms with van der Waals surface area (Å²) in [5, 5.41) is 3.01. The lowest BCUT2D eigenvalue weighted by molar-refractivity contribution is -0.134. The van der Waals surface area contributed by atoms with Crippen molar-refractivity contribution >= 4 is 11.8 Å². The average molecular weight is 376 g/mol. The van der Waals surface area contributed by atoms with Crippen molar-refractivity contribution < 1.29 is 23.8 Å². The highest BCUT2D eigenvalue weighted by Gasteiger charge is 2.27. The minimum Gasteiger partial charge on any atom is -0.484 e. The van der Waals surface area contributed by atoms with Crippen LogP contribution in [0.5, 0.6) is 5.75 Å². The van der Waals surface area contributed by atoms with Crippen molar-refractivity contribution in [2.45, 2.75) is 37.8 Å². The Morgan fingerprint density at radius 2 is 2.07 bits per heavy atom. The maximum absolute atomic E-state index is 12.6. The topological polar surface area (TPSA) is 77.1 Å². The first kappa shape index (κ1) is 19.6. The Morgan fingerprint density at radius 3 is 2.85 bits per heavy atom. The van der Waals surface area contributed by atoms with Crippen molar-refractivity contribution in [3.05, 3.63) is 29.8 Å². The molecule has 2 saturated heterocycles. The molecule has 1 N–H and O–H groups in total. The zero-order valence-corrected chi connectivity index (χ0v) is 15.8. The Balaban J connectivity index is 1.54. The van der Waals surface area contributed by atoms with Crippen molar-refractivity contribution in [2.75, 3.05) is 40.0 Å². The average Bonchev–Trinajstić information content (AvgIpc) is 2.73. The van der Waals surface area contributed by atoms with E-state index in [1.165, 1.54) is 6.42 Å². The highest BCUT2D eigenvalue weighted by Crippen LogP contribution is 2.16. The van der Waals surface area contributed by atoms with Gasteiger partial charge >= 0.3 is 0 Å². The molecule has 3 rings (SSSR count). The number of carbonyl (C=O) groups excluding carboxylic acids is 2. The Hall–Kier alpha value is -2.12. The van der Waals surface area contributed by atoms with Crippen LogP contribution in [0.4, 0.5) is 0 Å². The number of methoxy groups -OCH3 is 1. The molecule has 27 heavy (non-hydrogen) atoms. The van der Waals surface area contributed by atoms with E-state index in [-0.39, 0.29) is 30.6 Å². The quantitative estimate of drug-likeness (QED) is 0.816. The van der Waals surface area contributed by atoms with Crippen LogP contribution in [-0.2, 0) is 14.3 Å². The van der Waals surface area contributed by atoms with Gasteiger partial charge in [-0.15, -0.1) is 0 Å². The van der Waals surface area contributed by atoms with E-state index in [9.17, 15) is 9.59 Å². The molecule has 1 aromatic rings. The summed E-state index contributed by atoms with van der Waals surface area (Å²) in [7, 11) is 1.62. The van der Waals surface area contributed by atoms with Gasteiger partial charge in [0.1, 0.15) is 11.9 Å². The summed E-state index contributed by atoms with van der Waals surface area (Å²) in [5.74, 6) is 0.328. The van der Waals surface area contributed by atoms with E-state index in [0.29, 0.717) is 30.9 Å². The van der Waals surface area contributed by atoms with E-state index < -0.39 is 0 Å². The molecule has 2 fully saturated rings. The number of hydrogen-bond acceptors (Lipinski definition) is 5. The first-order chi connectivity index (χ1) is 13.2. The second-order valence-corrected chi connectivity index (χ2v) is 6.98. The number of amides is 2. The fraction of sp³-hybridized carbons (Fsp3) is 0.600. The second kappa shape index (κ2) is 9.71. The highest BCUT2D eigenvalue weighted by molar-refractivity contribution is 5.94. The molecule has 7 nitrogen and oxygen atoms in total. The number of piperidine rings is 1. The van der Waals surface area contributed by atoms with Crippen LogP contribution in [0.1, 0.15) is 36.0 Å². The number of carbonyl (C=O) groups is 2. The number of rotatable bonds is 6. The van der Waals surface area contributed by atoms with Gasteiger partial charge in [0.2, 0.25) is 0 Å². The van der Waals surface area contributed by atoms with Gasteiger partial charge in [-0.3, -0.25) is 9.59 Å². The predicted octanol–water partition coefficient (Wildman–Crippen LogP) is 1.61. The van der Waals surface area contributed by atoms with E-state index in [2.05, 4.69) is 5.32 Å². The Bertz CT molecular complexity index is 645. The SMILES string of the molecule is CO[C@@H]1COCC[C@H]1NC(=O)c1cccc(OCC(=O)N2CCCCC2)c1. The fourth-order valence-electron chi connectivity index (χ4n) is 3.47. The van der Waals surface area contributed by atoms with Crippen LogP contribution in [0.25, 0.3) is 0 Å². The summed E-state index contributed by atoms with van der Waals surface area (Å²) >= 11 is 0. The van der Waals surface area contributed by atoms with Gasteiger partial charge < -0.3 is 24.4 Å². The van der Waals surface area contributed by atoms with Gasteiger partial charge in [0.05, 0.1) is 12.6 Å². The van der Waals surface area contributed by atoms with Crippen molar-refractivity contribution in [3.63, 3.8) is 0 Å². The number of benzene rings is 1. The van der Waals surface area contributed by atoms with E-state index in [4.69, 9.17) is 14.2 Å². The van der Waals surface area contributed by atoms with Crippen LogP contribution in [0.3, 0.4) is 0 Å². The first-order valence-corrected chi connectivity index (χ1v) is 9.59. The molecular weight excluding hydrogens is 348 g/mol. The van der Waals surface area contributed by atoms with E-state index in [1.54, 1.807) is 31.4 Å². The molecule has 0 bridgehead atoms. The Morgan fingerprint density at radius 1 is 1.26 bits per heavy atom. The fourth-order valence-corrected chi connectivity index (χ4v) is 3.47. The molecule has 2 aliphatic rings. The molecule has 7 heteroatoms. The molecule has 2 aliphatic heterocycles. The molecular formula is C20H28N2O5. The molecule has 2 amide bonds. The number of likely N-dealkylation sites (tertiary alicyclic amines) is 1. The minimum absolute atomic E-state index is 0.00319. The first-order valence-electron chi connectivity index (χ1n) is 9.59. The van der Waals surface area contributed by atoms with Gasteiger partial charge in [-0.05, 0) is 43.9 Å². The lowest BCUT2D eigenvalue weighted by atomic mass is 10.1. The summed E-state index contributed by atoms with van der Waals surface area (Å²) in [6.45, 7) is 2.68. The third kappa shape index (κ3) is 5.43. The number of hydrogen-bond donors (Lipinski definition) is 1. The summed E-state index contributed by atoms with van der Waals surface area (Å²) in [5.41, 5.74) is 0.499. The van der Waals surface area contributed by atoms with E-state index in [0.717, 1.165) is 25.9 Å². The monoisotopic (exact) mass is 376 g/mol. The van der Waals surface area contributed by atoms with Crippen LogP contribution >= 0.6 is 0 Å². The van der Waals surface area contributed by atoms with Gasteiger partial charge in [0.15, 0.2) is 6.61 Å². The second-order valence-electron chi connectivity index (χ2n) is 6.98. The van der Waals surface area contributed by atoms with Crippen LogP contribution in [0.15, 0.2) is 24.3 Å². The normalized spacial score (nSPS) is 22.9. The zero-order chi connectivity index (χ0) is 19.1. The lowest BCUT2D eigenvalue weighted by Crippen LogP contribution is -2.49. The minimum atomic E-state index is -0.184. The molecule has 0 radical (unpaired) electrons. The summed E-state index contributed by atoms with van der Waals surface area (Å²) in [6, 6.07) is 6.83. The highest BCUT2D eigenvalue weighted by atomic mass is 16.5.